The first-order chi connectivity index (χ1) is 6.58. The van der Waals surface area contributed by atoms with Crippen molar-refractivity contribution in [1.29, 1.82) is 0 Å². The van der Waals surface area contributed by atoms with Crippen molar-refractivity contribution in [2.75, 3.05) is 6.16 Å². The lowest BCUT2D eigenvalue weighted by molar-refractivity contribution is 0.590. The molecule has 0 fully saturated rings. The second-order valence-electron chi connectivity index (χ2n) is 3.24. The lowest BCUT2D eigenvalue weighted by Crippen LogP contribution is -1.86. The van der Waals surface area contributed by atoms with Gasteiger partial charge in [-0.05, 0) is 47.3 Å². The largest absolute Gasteiger partial charge is 0.289 e. The standard InChI is InChI=1S/C10H13Cl2OP/c11-14(12,13)9-5-4-8-10-6-2-1-3-7-10/h1-3,6-7H,4-5,8-9H2. The van der Waals surface area contributed by atoms with E-state index in [0.29, 0.717) is 6.16 Å². The maximum absolute atomic E-state index is 11.0. The van der Waals surface area contributed by atoms with Crippen LogP contribution in [0.2, 0.25) is 0 Å². The molecule has 0 aliphatic carbocycles. The fraction of sp³-hybridized carbons (Fsp3) is 0.400. The molecule has 0 radical (unpaired) electrons. The second kappa shape index (κ2) is 5.80. The predicted molar refractivity (Wildman–Crippen MR) is 63.6 cm³/mol. The van der Waals surface area contributed by atoms with E-state index in [1.54, 1.807) is 0 Å². The van der Waals surface area contributed by atoms with E-state index in [-0.39, 0.29) is 0 Å². The molecule has 1 aromatic rings. The number of halogens is 2. The SMILES string of the molecule is O=P(Cl)(Cl)CCCCc1ccccc1. The van der Waals surface area contributed by atoms with E-state index >= 15 is 0 Å². The number of aryl methyl sites for hydroxylation is 1. The van der Waals surface area contributed by atoms with Crippen molar-refractivity contribution in [3.8, 4) is 0 Å². The van der Waals surface area contributed by atoms with Gasteiger partial charge in [0.25, 0.3) is 5.85 Å². The summed E-state index contributed by atoms with van der Waals surface area (Å²) in [6.07, 6.45) is 3.21. The van der Waals surface area contributed by atoms with Gasteiger partial charge in [-0.2, -0.15) is 0 Å². The summed E-state index contributed by atoms with van der Waals surface area (Å²) < 4.78 is 11.0. The molecule has 0 aromatic heterocycles. The summed E-state index contributed by atoms with van der Waals surface area (Å²) in [5.74, 6) is -2.84. The zero-order valence-electron chi connectivity index (χ0n) is 7.83. The van der Waals surface area contributed by atoms with E-state index in [2.05, 4.69) is 12.1 Å². The zero-order chi connectivity index (χ0) is 10.4. The zero-order valence-corrected chi connectivity index (χ0v) is 10.2. The summed E-state index contributed by atoms with van der Waals surface area (Å²) >= 11 is 10.9. The molecule has 0 amide bonds. The van der Waals surface area contributed by atoms with Crippen molar-refractivity contribution in [2.24, 2.45) is 0 Å². The van der Waals surface area contributed by atoms with Crippen molar-refractivity contribution in [1.82, 2.24) is 0 Å². The van der Waals surface area contributed by atoms with Crippen LogP contribution in [-0.2, 0) is 11.0 Å². The van der Waals surface area contributed by atoms with E-state index in [4.69, 9.17) is 22.5 Å². The minimum Gasteiger partial charge on any atom is -0.289 e. The third-order valence-corrected chi connectivity index (χ3v) is 3.83. The van der Waals surface area contributed by atoms with Crippen LogP contribution in [0.4, 0.5) is 0 Å². The molecule has 1 nitrogen and oxygen atoms in total. The fourth-order valence-electron chi connectivity index (χ4n) is 1.27. The highest BCUT2D eigenvalue weighted by Crippen LogP contribution is 2.56. The molecule has 14 heavy (non-hydrogen) atoms. The van der Waals surface area contributed by atoms with Crippen molar-refractivity contribution in [3.63, 3.8) is 0 Å². The first kappa shape index (κ1) is 12.1. The van der Waals surface area contributed by atoms with Crippen molar-refractivity contribution >= 4 is 28.3 Å². The molecule has 78 valence electrons. The van der Waals surface area contributed by atoms with Crippen LogP contribution >= 0.6 is 28.3 Å². The third kappa shape index (κ3) is 5.70. The summed E-state index contributed by atoms with van der Waals surface area (Å²) in [5, 5.41) is 0. The maximum atomic E-state index is 11.0. The number of hydrogen-bond acceptors (Lipinski definition) is 1. The molecule has 0 N–H and O–H groups in total. The Morgan fingerprint density at radius 1 is 1.07 bits per heavy atom. The van der Waals surface area contributed by atoms with E-state index in [1.165, 1.54) is 5.56 Å². The molecule has 1 rings (SSSR count). The Morgan fingerprint density at radius 3 is 2.29 bits per heavy atom. The Balaban J connectivity index is 2.20. The van der Waals surface area contributed by atoms with Gasteiger partial charge in [0.2, 0.25) is 0 Å². The Hall–Kier alpha value is 0.0300. The highest BCUT2D eigenvalue weighted by atomic mass is 35.9. The van der Waals surface area contributed by atoms with Crippen LogP contribution in [0.15, 0.2) is 30.3 Å². The van der Waals surface area contributed by atoms with Gasteiger partial charge in [0.05, 0.1) is 0 Å². The molecule has 0 saturated heterocycles. The Labute approximate surface area is 94.4 Å². The molecule has 0 aliphatic rings. The molecule has 0 bridgehead atoms. The van der Waals surface area contributed by atoms with Crippen LogP contribution in [-0.4, -0.2) is 6.16 Å². The van der Waals surface area contributed by atoms with Crippen LogP contribution in [0.1, 0.15) is 18.4 Å². The highest BCUT2D eigenvalue weighted by molar-refractivity contribution is 8.08. The quantitative estimate of drug-likeness (QED) is 0.548. The first-order valence-electron chi connectivity index (χ1n) is 4.60. The molecule has 0 saturated carbocycles. The molecule has 0 atom stereocenters. The van der Waals surface area contributed by atoms with Gasteiger partial charge in [0.15, 0.2) is 0 Å². The minimum atomic E-state index is -2.84. The second-order valence-corrected chi connectivity index (χ2v) is 8.62. The average molecular weight is 251 g/mol. The van der Waals surface area contributed by atoms with Crippen LogP contribution in [0.5, 0.6) is 0 Å². The summed E-state index contributed by atoms with van der Waals surface area (Å²) in [6.45, 7) is 0. The van der Waals surface area contributed by atoms with Crippen molar-refractivity contribution < 1.29 is 4.57 Å². The van der Waals surface area contributed by atoms with Gasteiger partial charge in [0, 0.05) is 6.16 Å². The molecule has 0 aliphatic heterocycles. The number of rotatable bonds is 5. The van der Waals surface area contributed by atoms with Gasteiger partial charge < -0.3 is 0 Å². The van der Waals surface area contributed by atoms with Gasteiger partial charge in [-0.3, -0.25) is 4.57 Å². The average Bonchev–Trinajstić information content (AvgIpc) is 2.13. The first-order valence-corrected chi connectivity index (χ1v) is 8.30. The van der Waals surface area contributed by atoms with Crippen LogP contribution in [0.25, 0.3) is 0 Å². The van der Waals surface area contributed by atoms with Crippen molar-refractivity contribution in [3.05, 3.63) is 35.9 Å². The summed E-state index contributed by atoms with van der Waals surface area (Å²) in [5.41, 5.74) is 1.30. The number of benzene rings is 1. The molecular formula is C10H13Cl2OP. The predicted octanol–water partition coefficient (Wildman–Crippen LogP) is 4.68. The molecular weight excluding hydrogens is 238 g/mol. The van der Waals surface area contributed by atoms with Crippen LogP contribution < -0.4 is 0 Å². The van der Waals surface area contributed by atoms with Crippen LogP contribution in [0, 0.1) is 0 Å². The summed E-state index contributed by atoms with van der Waals surface area (Å²) in [4.78, 5) is 0. The lowest BCUT2D eigenvalue weighted by atomic mass is 10.1. The molecule has 0 unspecified atom stereocenters. The van der Waals surface area contributed by atoms with Gasteiger partial charge >= 0.3 is 0 Å². The highest BCUT2D eigenvalue weighted by Gasteiger charge is 2.11. The maximum Gasteiger partial charge on any atom is 0.253 e. The number of unbranched alkanes of at least 4 members (excludes halogenated alkanes) is 1. The van der Waals surface area contributed by atoms with E-state index in [0.717, 1.165) is 19.3 Å². The third-order valence-electron chi connectivity index (χ3n) is 1.98. The summed E-state index contributed by atoms with van der Waals surface area (Å²) in [7, 11) is 0. The smallest absolute Gasteiger partial charge is 0.253 e. The molecule has 4 heteroatoms. The minimum absolute atomic E-state index is 0.420. The Morgan fingerprint density at radius 2 is 1.71 bits per heavy atom. The molecule has 1 aromatic carbocycles. The monoisotopic (exact) mass is 250 g/mol. The van der Waals surface area contributed by atoms with E-state index in [9.17, 15) is 4.57 Å². The van der Waals surface area contributed by atoms with Gasteiger partial charge in [-0.25, -0.2) is 0 Å². The molecule has 0 heterocycles. The van der Waals surface area contributed by atoms with Gasteiger partial charge in [-0.15, -0.1) is 0 Å². The van der Waals surface area contributed by atoms with Gasteiger partial charge in [0.1, 0.15) is 0 Å². The van der Waals surface area contributed by atoms with E-state index < -0.39 is 5.85 Å². The topological polar surface area (TPSA) is 17.1 Å². The Bertz CT molecular complexity index is 307. The molecule has 0 spiro atoms. The van der Waals surface area contributed by atoms with Gasteiger partial charge in [-0.1, -0.05) is 30.3 Å². The Kier molecular flexibility index (Phi) is 5.01. The lowest BCUT2D eigenvalue weighted by Gasteiger charge is -2.02. The summed E-state index contributed by atoms with van der Waals surface area (Å²) in [6, 6.07) is 10.2. The number of hydrogen-bond donors (Lipinski definition) is 0. The van der Waals surface area contributed by atoms with E-state index in [1.807, 2.05) is 18.2 Å². The van der Waals surface area contributed by atoms with Crippen molar-refractivity contribution in [2.45, 2.75) is 19.3 Å². The normalized spacial score (nSPS) is 11.6. The van der Waals surface area contributed by atoms with Crippen LogP contribution in [0.3, 0.4) is 0 Å². The fourth-order valence-corrected chi connectivity index (χ4v) is 2.58.